The van der Waals surface area contributed by atoms with Gasteiger partial charge in [-0.3, -0.25) is 0 Å². The van der Waals surface area contributed by atoms with E-state index in [-0.39, 0.29) is 0 Å². The zero-order valence-corrected chi connectivity index (χ0v) is 6.29. The van der Waals surface area contributed by atoms with Crippen molar-refractivity contribution in [3.63, 3.8) is 0 Å². The second-order valence-electron chi connectivity index (χ2n) is 1.44. The van der Waals surface area contributed by atoms with Crippen LogP contribution in [-0.4, -0.2) is 18.7 Å². The minimum atomic E-state index is 1.05. The number of allylic oxidation sites excluding steroid dienone is 1. The fraction of sp³-hybridized carbons (Fsp3) is 0.667. The Balaban J connectivity index is 2.72. The number of thioether (sulfide) groups is 1. The first kappa shape index (κ1) is 8.05. The molecular formula is C6H13NS. The maximum Gasteiger partial charge on any atom is 0.0418 e. The molecule has 0 rings (SSSR count). The predicted octanol–water partition coefficient (Wildman–Crippen LogP) is 1.47. The van der Waals surface area contributed by atoms with E-state index in [2.05, 4.69) is 17.5 Å². The van der Waals surface area contributed by atoms with Crippen molar-refractivity contribution < 1.29 is 0 Å². The lowest BCUT2D eigenvalue weighted by molar-refractivity contribution is 0.983. The van der Waals surface area contributed by atoms with Crippen LogP contribution in [0.25, 0.3) is 0 Å². The van der Waals surface area contributed by atoms with Crippen molar-refractivity contribution in [2.24, 2.45) is 0 Å². The summed E-state index contributed by atoms with van der Waals surface area (Å²) in [5, 5.41) is 3.06. The van der Waals surface area contributed by atoms with Gasteiger partial charge in [-0.15, -0.1) is 11.8 Å². The summed E-state index contributed by atoms with van der Waals surface area (Å²) in [7, 11) is 1.96. The Morgan fingerprint density at radius 3 is 2.88 bits per heavy atom. The van der Waals surface area contributed by atoms with Crippen molar-refractivity contribution in [2.75, 3.05) is 18.7 Å². The summed E-state index contributed by atoms with van der Waals surface area (Å²) in [5.74, 6) is 2.17. The van der Waals surface area contributed by atoms with Crippen molar-refractivity contribution in [2.45, 2.75) is 6.92 Å². The van der Waals surface area contributed by atoms with Crippen LogP contribution < -0.4 is 5.32 Å². The summed E-state index contributed by atoms with van der Waals surface area (Å²) in [6.07, 6.45) is 4.23. The molecule has 0 aliphatic heterocycles. The van der Waals surface area contributed by atoms with Gasteiger partial charge in [-0.25, -0.2) is 0 Å². The molecule has 8 heavy (non-hydrogen) atoms. The molecule has 0 aliphatic rings. The van der Waals surface area contributed by atoms with Gasteiger partial charge < -0.3 is 5.32 Å². The molecule has 0 saturated carbocycles. The molecule has 0 aromatic carbocycles. The van der Waals surface area contributed by atoms with Crippen molar-refractivity contribution in [3.05, 3.63) is 12.2 Å². The van der Waals surface area contributed by atoms with Gasteiger partial charge in [-0.2, -0.15) is 0 Å². The molecule has 0 unspecified atom stereocenters. The van der Waals surface area contributed by atoms with E-state index in [4.69, 9.17) is 0 Å². The van der Waals surface area contributed by atoms with E-state index in [0.29, 0.717) is 0 Å². The predicted molar refractivity (Wildman–Crippen MR) is 41.2 cm³/mol. The third-order valence-electron chi connectivity index (χ3n) is 0.696. The van der Waals surface area contributed by atoms with E-state index < -0.39 is 0 Å². The molecule has 0 saturated heterocycles. The molecule has 0 fully saturated rings. The first-order chi connectivity index (χ1) is 3.91. The quantitative estimate of drug-likeness (QED) is 0.352. The average molecular weight is 131 g/mol. The second kappa shape index (κ2) is 7.05. The highest BCUT2D eigenvalue weighted by Crippen LogP contribution is 1.95. The second-order valence-corrected chi connectivity index (χ2v) is 2.47. The maximum atomic E-state index is 3.06. The van der Waals surface area contributed by atoms with Gasteiger partial charge in [0.1, 0.15) is 0 Å². The molecule has 0 heterocycles. The number of hydrogen-bond donors (Lipinski definition) is 1. The van der Waals surface area contributed by atoms with Gasteiger partial charge in [0.05, 0.1) is 0 Å². The van der Waals surface area contributed by atoms with Gasteiger partial charge >= 0.3 is 0 Å². The summed E-state index contributed by atoms with van der Waals surface area (Å²) < 4.78 is 0. The molecule has 0 bridgehead atoms. The van der Waals surface area contributed by atoms with Crippen LogP contribution >= 0.6 is 11.8 Å². The van der Waals surface area contributed by atoms with E-state index in [1.807, 2.05) is 25.7 Å². The Morgan fingerprint density at radius 1 is 1.62 bits per heavy atom. The van der Waals surface area contributed by atoms with Crippen LogP contribution in [0.15, 0.2) is 12.2 Å². The normalized spacial score (nSPS) is 10.8. The van der Waals surface area contributed by atoms with E-state index in [9.17, 15) is 0 Å². The standard InChI is InChI=1S/C6H13NS/c1-3-4-5-8-6-7-2/h3-4,7H,5-6H2,1-2H3. The van der Waals surface area contributed by atoms with Crippen LogP contribution in [0.1, 0.15) is 6.92 Å². The van der Waals surface area contributed by atoms with Crippen molar-refractivity contribution in [1.82, 2.24) is 5.32 Å². The SMILES string of the molecule is CC=CCSCNC. The highest BCUT2D eigenvalue weighted by atomic mass is 32.2. The molecule has 48 valence electrons. The Bertz CT molecular complexity index is 61.5. The van der Waals surface area contributed by atoms with Gasteiger partial charge in [-0.05, 0) is 14.0 Å². The molecule has 0 aromatic heterocycles. The van der Waals surface area contributed by atoms with Crippen LogP contribution in [0.2, 0.25) is 0 Å². The van der Waals surface area contributed by atoms with Gasteiger partial charge in [0.15, 0.2) is 0 Å². The lowest BCUT2D eigenvalue weighted by atomic mass is 10.6. The van der Waals surface area contributed by atoms with Crippen LogP contribution in [0.4, 0.5) is 0 Å². The van der Waals surface area contributed by atoms with E-state index >= 15 is 0 Å². The summed E-state index contributed by atoms with van der Waals surface area (Å²) in [6.45, 7) is 2.04. The topological polar surface area (TPSA) is 12.0 Å². The van der Waals surface area contributed by atoms with Gasteiger partial charge in [0.25, 0.3) is 0 Å². The fourth-order valence-corrected chi connectivity index (χ4v) is 0.976. The van der Waals surface area contributed by atoms with E-state index in [1.165, 1.54) is 0 Å². The Labute approximate surface area is 55.5 Å². The largest absolute Gasteiger partial charge is 0.311 e. The van der Waals surface area contributed by atoms with Gasteiger partial charge in [0.2, 0.25) is 0 Å². The fourth-order valence-electron chi connectivity index (χ4n) is 0.325. The van der Waals surface area contributed by atoms with Crippen LogP contribution in [0.3, 0.4) is 0 Å². The Morgan fingerprint density at radius 2 is 2.38 bits per heavy atom. The van der Waals surface area contributed by atoms with Gasteiger partial charge in [0, 0.05) is 11.6 Å². The molecular weight excluding hydrogens is 118 g/mol. The molecule has 0 amide bonds. The molecule has 0 spiro atoms. The molecule has 1 nitrogen and oxygen atoms in total. The summed E-state index contributed by atoms with van der Waals surface area (Å²) >= 11 is 1.88. The summed E-state index contributed by atoms with van der Waals surface area (Å²) in [6, 6.07) is 0. The third kappa shape index (κ3) is 6.05. The zero-order chi connectivity index (χ0) is 6.24. The average Bonchev–Trinajstić information content (AvgIpc) is 1.81. The number of nitrogens with one attached hydrogen (secondary N) is 1. The summed E-state index contributed by atoms with van der Waals surface area (Å²) in [5.41, 5.74) is 0. The first-order valence-corrected chi connectivity index (χ1v) is 3.90. The molecule has 0 aromatic rings. The molecule has 0 aliphatic carbocycles. The smallest absolute Gasteiger partial charge is 0.0418 e. The van der Waals surface area contributed by atoms with E-state index in [0.717, 1.165) is 11.6 Å². The summed E-state index contributed by atoms with van der Waals surface area (Å²) in [4.78, 5) is 0. The van der Waals surface area contributed by atoms with Crippen LogP contribution in [0, 0.1) is 0 Å². The van der Waals surface area contributed by atoms with Crippen molar-refractivity contribution in [3.8, 4) is 0 Å². The molecule has 0 atom stereocenters. The molecule has 2 heteroatoms. The minimum Gasteiger partial charge on any atom is -0.311 e. The molecule has 1 N–H and O–H groups in total. The maximum absolute atomic E-state index is 3.06. The number of hydrogen-bond acceptors (Lipinski definition) is 2. The third-order valence-corrected chi connectivity index (χ3v) is 1.62. The minimum absolute atomic E-state index is 1.05. The highest BCUT2D eigenvalue weighted by molar-refractivity contribution is 7.99. The van der Waals surface area contributed by atoms with Crippen LogP contribution in [-0.2, 0) is 0 Å². The monoisotopic (exact) mass is 131 g/mol. The van der Waals surface area contributed by atoms with Gasteiger partial charge in [-0.1, -0.05) is 12.2 Å². The number of rotatable bonds is 4. The Hall–Kier alpha value is 0.0500. The zero-order valence-electron chi connectivity index (χ0n) is 5.48. The lowest BCUT2D eigenvalue weighted by Crippen LogP contribution is -2.03. The van der Waals surface area contributed by atoms with E-state index in [1.54, 1.807) is 0 Å². The van der Waals surface area contributed by atoms with Crippen molar-refractivity contribution in [1.29, 1.82) is 0 Å². The lowest BCUT2D eigenvalue weighted by Gasteiger charge is -1.92. The highest BCUT2D eigenvalue weighted by Gasteiger charge is 1.76. The first-order valence-electron chi connectivity index (χ1n) is 2.75. The van der Waals surface area contributed by atoms with Crippen molar-refractivity contribution >= 4 is 11.8 Å². The molecule has 0 radical (unpaired) electrons. The Kier molecular flexibility index (Phi) is 7.09. The van der Waals surface area contributed by atoms with Crippen LogP contribution in [0.5, 0.6) is 0 Å².